The molecule has 1 aliphatic carbocycles. The summed E-state index contributed by atoms with van der Waals surface area (Å²) in [5.41, 5.74) is 2.36. The molecule has 0 spiro atoms. The molecule has 1 aliphatic rings. The molecule has 1 saturated carbocycles. The summed E-state index contributed by atoms with van der Waals surface area (Å²) in [6.45, 7) is 1.77. The van der Waals surface area contributed by atoms with Gasteiger partial charge in [0.1, 0.15) is 0 Å². The molecule has 1 fully saturated rings. The topological polar surface area (TPSA) is 39.9 Å². The molecule has 3 heteroatoms. The number of aromatic nitrogens is 1. The van der Waals surface area contributed by atoms with Gasteiger partial charge in [0.15, 0.2) is 0 Å². The lowest BCUT2D eigenvalue weighted by molar-refractivity contribution is 0.261. The van der Waals surface area contributed by atoms with E-state index in [-0.39, 0.29) is 0 Å². The number of fused-ring (bicyclic) bond motifs is 1. The minimum Gasteiger partial charge on any atom is -0.295 e. The predicted molar refractivity (Wildman–Crippen MR) is 75.4 cm³/mol. The van der Waals surface area contributed by atoms with Crippen molar-refractivity contribution < 1.29 is 0 Å². The number of nitriles is 1. The Morgan fingerprint density at radius 1 is 1.26 bits per heavy atom. The van der Waals surface area contributed by atoms with Crippen molar-refractivity contribution in [2.75, 3.05) is 6.54 Å². The van der Waals surface area contributed by atoms with Gasteiger partial charge in [-0.3, -0.25) is 9.88 Å². The summed E-state index contributed by atoms with van der Waals surface area (Å²) in [7, 11) is 0. The van der Waals surface area contributed by atoms with E-state index in [1.165, 1.54) is 23.8 Å². The molecule has 1 aromatic heterocycles. The monoisotopic (exact) mass is 251 g/mol. The average molecular weight is 251 g/mol. The van der Waals surface area contributed by atoms with E-state index in [4.69, 9.17) is 5.26 Å². The third-order valence-electron chi connectivity index (χ3n) is 3.66. The SMILES string of the molecule is N#CCCN(Cc1cccc2cccnc12)C1CC1. The van der Waals surface area contributed by atoms with Gasteiger partial charge >= 0.3 is 0 Å². The van der Waals surface area contributed by atoms with Gasteiger partial charge in [0.05, 0.1) is 11.6 Å². The first-order valence-corrected chi connectivity index (χ1v) is 6.82. The van der Waals surface area contributed by atoms with Gasteiger partial charge in [0.25, 0.3) is 0 Å². The molecule has 2 aromatic rings. The van der Waals surface area contributed by atoms with Crippen LogP contribution in [0.3, 0.4) is 0 Å². The predicted octanol–water partition coefficient (Wildman–Crippen LogP) is 3.11. The second-order valence-corrected chi connectivity index (χ2v) is 5.10. The molecular weight excluding hydrogens is 234 g/mol. The van der Waals surface area contributed by atoms with Crippen LogP contribution in [-0.4, -0.2) is 22.5 Å². The van der Waals surface area contributed by atoms with Gasteiger partial charge in [0.2, 0.25) is 0 Å². The van der Waals surface area contributed by atoms with Crippen LogP contribution in [0, 0.1) is 11.3 Å². The highest BCUT2D eigenvalue weighted by Crippen LogP contribution is 2.29. The van der Waals surface area contributed by atoms with E-state index in [9.17, 15) is 0 Å². The smallest absolute Gasteiger partial charge is 0.0746 e. The van der Waals surface area contributed by atoms with Gasteiger partial charge in [-0.15, -0.1) is 0 Å². The van der Waals surface area contributed by atoms with E-state index in [1.54, 1.807) is 0 Å². The van der Waals surface area contributed by atoms with Crippen LogP contribution in [-0.2, 0) is 6.54 Å². The fourth-order valence-electron chi connectivity index (χ4n) is 2.54. The summed E-state index contributed by atoms with van der Waals surface area (Å²) >= 11 is 0. The Bertz CT molecular complexity index is 605. The maximum absolute atomic E-state index is 8.77. The maximum Gasteiger partial charge on any atom is 0.0746 e. The standard InChI is InChI=1S/C16H17N3/c17-9-3-11-19(15-7-8-15)12-14-5-1-4-13-6-2-10-18-16(13)14/h1-2,4-6,10,15H,3,7-8,11-12H2. The van der Waals surface area contributed by atoms with Crippen LogP contribution in [0.1, 0.15) is 24.8 Å². The fraction of sp³-hybridized carbons (Fsp3) is 0.375. The first-order chi connectivity index (χ1) is 9.38. The minimum absolute atomic E-state index is 0.606. The van der Waals surface area contributed by atoms with Crippen molar-refractivity contribution >= 4 is 10.9 Å². The summed E-state index contributed by atoms with van der Waals surface area (Å²) in [6.07, 6.45) is 4.99. The fourth-order valence-corrected chi connectivity index (χ4v) is 2.54. The molecule has 0 amide bonds. The largest absolute Gasteiger partial charge is 0.295 e. The van der Waals surface area contributed by atoms with Crippen molar-refractivity contribution in [3.8, 4) is 6.07 Å². The molecule has 0 unspecified atom stereocenters. The summed E-state index contributed by atoms with van der Waals surface area (Å²) in [6, 6.07) is 13.3. The van der Waals surface area contributed by atoms with Crippen molar-refractivity contribution in [3.05, 3.63) is 42.1 Å². The molecule has 3 nitrogen and oxygen atoms in total. The first-order valence-electron chi connectivity index (χ1n) is 6.82. The van der Waals surface area contributed by atoms with Crippen LogP contribution in [0.5, 0.6) is 0 Å². The second kappa shape index (κ2) is 5.38. The number of pyridine rings is 1. The minimum atomic E-state index is 0.606. The molecular formula is C16H17N3. The maximum atomic E-state index is 8.77. The third-order valence-corrected chi connectivity index (χ3v) is 3.66. The summed E-state index contributed by atoms with van der Waals surface area (Å²) < 4.78 is 0. The summed E-state index contributed by atoms with van der Waals surface area (Å²) in [4.78, 5) is 6.93. The van der Waals surface area contributed by atoms with Gasteiger partial charge in [-0.2, -0.15) is 5.26 Å². The quantitative estimate of drug-likeness (QED) is 0.819. The van der Waals surface area contributed by atoms with Crippen LogP contribution < -0.4 is 0 Å². The molecule has 0 radical (unpaired) electrons. The number of benzene rings is 1. The normalized spacial score (nSPS) is 14.7. The van der Waals surface area contributed by atoms with E-state index >= 15 is 0 Å². The molecule has 1 aromatic carbocycles. The Balaban J connectivity index is 1.85. The zero-order valence-electron chi connectivity index (χ0n) is 10.9. The van der Waals surface area contributed by atoms with Crippen molar-refractivity contribution in [2.45, 2.75) is 31.8 Å². The molecule has 96 valence electrons. The third kappa shape index (κ3) is 2.74. The lowest BCUT2D eigenvalue weighted by Crippen LogP contribution is -2.26. The summed E-state index contributed by atoms with van der Waals surface area (Å²) in [5, 5.41) is 9.96. The highest BCUT2D eigenvalue weighted by molar-refractivity contribution is 5.81. The van der Waals surface area contributed by atoms with E-state index in [2.05, 4.69) is 40.2 Å². The van der Waals surface area contributed by atoms with Crippen LogP contribution in [0.15, 0.2) is 36.5 Å². The van der Waals surface area contributed by atoms with Crippen LogP contribution in [0.4, 0.5) is 0 Å². The van der Waals surface area contributed by atoms with Crippen LogP contribution in [0.2, 0.25) is 0 Å². The van der Waals surface area contributed by atoms with E-state index < -0.39 is 0 Å². The summed E-state index contributed by atoms with van der Waals surface area (Å²) in [5.74, 6) is 0. The molecule has 3 rings (SSSR count). The zero-order valence-corrected chi connectivity index (χ0v) is 10.9. The Morgan fingerprint density at radius 3 is 2.89 bits per heavy atom. The van der Waals surface area contributed by atoms with Crippen LogP contribution >= 0.6 is 0 Å². The Labute approximate surface area is 113 Å². The molecule has 0 N–H and O–H groups in total. The van der Waals surface area contributed by atoms with Crippen LogP contribution in [0.25, 0.3) is 10.9 Å². The Hall–Kier alpha value is -1.92. The lowest BCUT2D eigenvalue weighted by Gasteiger charge is -2.21. The second-order valence-electron chi connectivity index (χ2n) is 5.10. The highest BCUT2D eigenvalue weighted by atomic mass is 15.2. The zero-order chi connectivity index (χ0) is 13.1. The molecule has 0 aliphatic heterocycles. The Morgan fingerprint density at radius 2 is 2.11 bits per heavy atom. The molecule has 19 heavy (non-hydrogen) atoms. The molecule has 0 atom stereocenters. The molecule has 1 heterocycles. The number of hydrogen-bond donors (Lipinski definition) is 0. The number of hydrogen-bond acceptors (Lipinski definition) is 3. The molecule has 0 bridgehead atoms. The van der Waals surface area contributed by atoms with E-state index in [1.807, 2.05) is 12.3 Å². The van der Waals surface area contributed by atoms with Crippen molar-refractivity contribution in [2.24, 2.45) is 0 Å². The van der Waals surface area contributed by atoms with Gasteiger partial charge in [-0.05, 0) is 24.5 Å². The lowest BCUT2D eigenvalue weighted by atomic mass is 10.1. The first kappa shape index (κ1) is 12.1. The van der Waals surface area contributed by atoms with Gasteiger partial charge in [-0.25, -0.2) is 0 Å². The van der Waals surface area contributed by atoms with Gasteiger partial charge in [-0.1, -0.05) is 24.3 Å². The average Bonchev–Trinajstić information content (AvgIpc) is 3.28. The van der Waals surface area contributed by atoms with Crippen molar-refractivity contribution in [3.63, 3.8) is 0 Å². The van der Waals surface area contributed by atoms with Crippen molar-refractivity contribution in [1.82, 2.24) is 9.88 Å². The Kier molecular flexibility index (Phi) is 3.43. The number of para-hydroxylation sites is 1. The number of rotatable bonds is 5. The van der Waals surface area contributed by atoms with Crippen molar-refractivity contribution in [1.29, 1.82) is 5.26 Å². The van der Waals surface area contributed by atoms with E-state index in [0.29, 0.717) is 12.5 Å². The number of nitrogens with zero attached hydrogens (tertiary/aromatic N) is 3. The molecule has 0 saturated heterocycles. The van der Waals surface area contributed by atoms with E-state index in [0.717, 1.165) is 18.6 Å². The van der Waals surface area contributed by atoms with Gasteiger partial charge in [0, 0.05) is 37.1 Å². The highest BCUT2D eigenvalue weighted by Gasteiger charge is 2.28. The van der Waals surface area contributed by atoms with Gasteiger partial charge < -0.3 is 0 Å².